The van der Waals surface area contributed by atoms with Gasteiger partial charge in [-0.3, -0.25) is 4.55 Å². The molecule has 100 heavy (non-hydrogen) atoms. The molecule has 0 saturated carbocycles. The van der Waals surface area contributed by atoms with Crippen LogP contribution < -0.4 is 51.5 Å². The number of carbonyl (C=O) groups is 2. The summed E-state index contributed by atoms with van der Waals surface area (Å²) in [6.45, 7) is 10.7. The Kier molecular flexibility index (Phi) is 18.4. The Hall–Kier alpha value is -12.7. The summed E-state index contributed by atoms with van der Waals surface area (Å²) in [4.78, 5) is 42.9. The Bertz CT molecular complexity index is 5440. The fourth-order valence-electron chi connectivity index (χ4n) is 12.6. The maximum Gasteiger partial charge on any atom is 0.343 e. The highest BCUT2D eigenvalue weighted by Crippen LogP contribution is 2.39. The molecule has 0 radical (unpaired) electrons. The van der Waals surface area contributed by atoms with Gasteiger partial charge in [0.25, 0.3) is 15.8 Å². The first-order valence-electron chi connectivity index (χ1n) is 32.3. The molecule has 14 rings (SSSR count). The van der Waals surface area contributed by atoms with Gasteiger partial charge in [-0.25, -0.2) is 24.4 Å². The summed E-state index contributed by atoms with van der Waals surface area (Å²) in [6.07, 6.45) is 0.877. The lowest BCUT2D eigenvalue weighted by Gasteiger charge is -2.24. The molecule has 1 N–H and O–H groups in total. The monoisotopic (exact) mass is 1330 g/mol. The van der Waals surface area contributed by atoms with Crippen molar-refractivity contribution in [2.45, 2.75) is 19.8 Å². The Balaban J connectivity index is 1.11. The number of nitrogens with zero attached hydrogens (tertiary/aromatic N) is 6. The van der Waals surface area contributed by atoms with Crippen molar-refractivity contribution >= 4 is 102 Å². The lowest BCUT2D eigenvalue weighted by atomic mass is 9.50. The number of fused-ring (bicyclic) bond motifs is 3. The number of aromatic nitrogens is 4. The average molecular weight is 1330 g/mol. The third kappa shape index (κ3) is 13.3. The largest absolute Gasteiger partial charge is 0.494 e. The van der Waals surface area contributed by atoms with Crippen LogP contribution in [-0.4, -0.2) is 76.5 Å². The van der Waals surface area contributed by atoms with Gasteiger partial charge in [-0.05, 0) is 145 Å². The molecule has 4 aromatic heterocycles. The minimum absolute atomic E-state index is 0.0117. The van der Waals surface area contributed by atoms with Gasteiger partial charge in [0.05, 0.1) is 47.4 Å². The van der Waals surface area contributed by atoms with Crippen LogP contribution in [0.5, 0.6) is 23.0 Å². The molecule has 17 nitrogen and oxygen atoms in total. The highest BCUT2D eigenvalue weighted by atomic mass is 32.2. The van der Waals surface area contributed by atoms with Gasteiger partial charge >= 0.3 is 25.6 Å². The molecule has 10 aromatic carbocycles. The number of hydrogen-bond acceptors (Lipinski definition) is 13. The van der Waals surface area contributed by atoms with Crippen molar-refractivity contribution in [1.82, 2.24) is 18.9 Å². The number of esters is 2. The number of benzene rings is 10. The number of oxazole rings is 2. The molecular weight excluding hydrogens is 1270 g/mol. The normalized spacial score (nSPS) is 12.0. The van der Waals surface area contributed by atoms with Crippen molar-refractivity contribution in [3.8, 4) is 51.6 Å². The molecule has 0 aliphatic rings. The van der Waals surface area contributed by atoms with Crippen molar-refractivity contribution in [2.24, 2.45) is 0 Å². The van der Waals surface area contributed by atoms with Gasteiger partial charge in [0.1, 0.15) is 45.7 Å². The van der Waals surface area contributed by atoms with Crippen LogP contribution in [0.2, 0.25) is 0 Å². The van der Waals surface area contributed by atoms with E-state index in [0.29, 0.717) is 89.9 Å². The minimum atomic E-state index is -4.16. The molecule has 0 fully saturated rings. The highest BCUT2D eigenvalue weighted by Gasteiger charge is 2.38. The zero-order chi connectivity index (χ0) is 68.7. The fourth-order valence-corrected chi connectivity index (χ4v) is 13.0. The molecule has 0 unspecified atom stereocenters. The van der Waals surface area contributed by atoms with Crippen LogP contribution in [0.3, 0.4) is 0 Å². The van der Waals surface area contributed by atoms with Crippen molar-refractivity contribution in [3.63, 3.8) is 0 Å². The molecular formula is C80H58B2N6O11S. The van der Waals surface area contributed by atoms with Crippen LogP contribution in [0, 0.1) is 17.9 Å². The zero-order valence-corrected chi connectivity index (χ0v) is 54.5. The Morgan fingerprint density at radius 2 is 0.890 bits per heavy atom. The number of rotatable bonds is 22. The fraction of sp³-hybridized carbons (Fsp3) is 0.0750. The lowest BCUT2D eigenvalue weighted by molar-refractivity contribution is 0.0725. The predicted molar refractivity (Wildman–Crippen MR) is 387 cm³/mol. The van der Waals surface area contributed by atoms with E-state index in [1.807, 2.05) is 189 Å². The number of nitriles is 1. The van der Waals surface area contributed by atoms with Gasteiger partial charge in [-0.2, -0.15) is 13.7 Å². The Labute approximate surface area is 575 Å². The van der Waals surface area contributed by atoms with E-state index in [4.69, 9.17) is 37.7 Å². The molecule has 486 valence electrons. The molecule has 0 bridgehead atoms. The van der Waals surface area contributed by atoms with E-state index < -0.39 is 41.5 Å². The number of para-hydroxylation sites is 4. The van der Waals surface area contributed by atoms with E-state index in [9.17, 15) is 34.4 Å². The average Bonchev–Trinajstić information content (AvgIpc) is 1.52. The van der Waals surface area contributed by atoms with Crippen LogP contribution >= 0.6 is 0 Å². The van der Waals surface area contributed by atoms with Crippen LogP contribution in [-0.2, 0) is 10.1 Å². The maximum atomic E-state index is 14.1. The molecule has 0 spiro atoms. The molecule has 0 saturated heterocycles. The van der Waals surface area contributed by atoms with Crippen molar-refractivity contribution in [3.05, 3.63) is 312 Å². The smallest absolute Gasteiger partial charge is 0.343 e. The summed E-state index contributed by atoms with van der Waals surface area (Å²) in [7, 11) is -4.16. The lowest BCUT2D eigenvalue weighted by Crippen LogP contribution is -2.54. The maximum absolute atomic E-state index is 14.1. The number of carbonyl (C=O) groups excluding carboxylic acids is 2. The highest BCUT2D eigenvalue weighted by molar-refractivity contribution is 7.85. The topological polar surface area (TPSA) is 215 Å². The van der Waals surface area contributed by atoms with Gasteiger partial charge in [0, 0.05) is 22.2 Å². The van der Waals surface area contributed by atoms with Crippen LogP contribution in [0.15, 0.2) is 276 Å². The van der Waals surface area contributed by atoms with Crippen molar-refractivity contribution in [1.29, 1.82) is 5.26 Å². The van der Waals surface area contributed by atoms with E-state index in [2.05, 4.69) is 19.9 Å². The molecule has 0 atom stereocenters. The molecule has 0 aliphatic carbocycles. The van der Waals surface area contributed by atoms with Gasteiger partial charge in [0.2, 0.25) is 11.8 Å². The van der Waals surface area contributed by atoms with Gasteiger partial charge < -0.3 is 36.7 Å². The second kappa shape index (κ2) is 28.5. The first-order valence-corrected chi connectivity index (χ1v) is 33.9. The van der Waals surface area contributed by atoms with Crippen LogP contribution in [0.4, 0.5) is 0 Å². The first-order chi connectivity index (χ1) is 48.9. The molecule has 14 aromatic rings. The summed E-state index contributed by atoms with van der Waals surface area (Å²) in [5, 5.41) is 14.1. The van der Waals surface area contributed by atoms with E-state index in [1.165, 1.54) is 12.1 Å². The molecule has 0 amide bonds. The minimum Gasteiger partial charge on any atom is -0.494 e. The third-order valence-electron chi connectivity index (χ3n) is 17.0. The Morgan fingerprint density at radius 1 is 0.510 bits per heavy atom. The van der Waals surface area contributed by atoms with E-state index >= 15 is 0 Å². The molecule has 20 heteroatoms. The van der Waals surface area contributed by atoms with E-state index in [1.54, 1.807) is 72.8 Å². The molecule has 4 heterocycles. The van der Waals surface area contributed by atoms with Crippen LogP contribution in [0.1, 0.15) is 52.3 Å². The van der Waals surface area contributed by atoms with Gasteiger partial charge in [-0.1, -0.05) is 174 Å². The SMILES string of the molecule is [C-]#[N+]/C(c1nc2ccccc2o1)=c1\c2c(-c3ccc(OC(=O)c4ccc(OCCC)cc4)cc3)n(B(c3ccccc3)c3ccccc3)/c(=C(/C#N)c3nc4ccccc4o3)c2c(-c2ccc(OC(=O)c3ccc(OCCCS(=O)(=O)O)cc3)cc2)n1B(c1ccccc1)c1ccccc1. The predicted octanol–water partition coefficient (Wildman–Crippen LogP) is 12.0. The summed E-state index contributed by atoms with van der Waals surface area (Å²) >= 11 is 0. The van der Waals surface area contributed by atoms with Crippen LogP contribution in [0.25, 0.3) is 71.6 Å². The van der Waals surface area contributed by atoms with Gasteiger partial charge in [0.15, 0.2) is 11.2 Å². The quantitative estimate of drug-likeness (QED) is 0.0167. The van der Waals surface area contributed by atoms with Crippen molar-refractivity contribution < 1.29 is 50.3 Å². The van der Waals surface area contributed by atoms with E-state index in [-0.39, 0.29) is 53.1 Å². The molecule has 0 aliphatic heterocycles. The summed E-state index contributed by atoms with van der Waals surface area (Å²) < 4.78 is 73.3. The standard InChI is InChI=1S/C80H58B2N6O11S/c1-3-49-94-61-41-37-55(38-42-61)79(89)97-64-47-35-54(36-48-64)74-71-70(75(65(52-83)77-85-66-29-16-18-31-68(66)98-77)87(74)81(57-21-8-4-9-22-57)58-23-10-5-11-24-58)73(53-33-45-63(46-34-53)96-80(90)56-39-43-62(44-40-56)95-50-20-51-100(91,92)93)88(82(59-25-12-6-13-26-59)60-27-14-7-15-28-60)76(71)72(84-2)78-86-67-30-17-19-32-69(67)99-78/h4-19,21-48H,3,20,49-51H2,1H3,(H,91,92,93)/b75-65-,76-72+. The Morgan fingerprint density at radius 3 is 1.30 bits per heavy atom. The second-order valence-corrected chi connectivity index (χ2v) is 25.0. The third-order valence-corrected chi connectivity index (χ3v) is 17.8. The summed E-state index contributed by atoms with van der Waals surface area (Å²) in [5.41, 5.74) is 7.84. The van der Waals surface area contributed by atoms with E-state index in [0.717, 1.165) is 28.3 Å². The zero-order valence-electron chi connectivity index (χ0n) is 53.7. The van der Waals surface area contributed by atoms with Gasteiger partial charge in [-0.15, -0.1) is 0 Å². The summed E-state index contributed by atoms with van der Waals surface area (Å²) in [5.74, 6) is -0.297. The number of hydrogen-bond donors (Lipinski definition) is 1. The second-order valence-electron chi connectivity index (χ2n) is 23.5. The first kappa shape index (κ1) is 64.6. The van der Waals surface area contributed by atoms with Crippen molar-refractivity contribution in [2.75, 3.05) is 19.0 Å². The summed E-state index contributed by atoms with van der Waals surface area (Å²) in [6, 6.07) is 84.1. The number of ether oxygens (including phenoxy) is 4.